The highest BCUT2D eigenvalue weighted by atomic mass is 19.1. The monoisotopic (exact) mass is 403 g/mol. The summed E-state index contributed by atoms with van der Waals surface area (Å²) in [5.41, 5.74) is 7.49. The van der Waals surface area contributed by atoms with Gasteiger partial charge in [0.2, 0.25) is 0 Å². The third-order valence-corrected chi connectivity index (χ3v) is 6.33. The van der Waals surface area contributed by atoms with E-state index in [1.165, 1.54) is 6.07 Å². The lowest BCUT2D eigenvalue weighted by Crippen LogP contribution is -2.41. The summed E-state index contributed by atoms with van der Waals surface area (Å²) >= 11 is 0. The molecule has 2 fully saturated rings. The van der Waals surface area contributed by atoms with Crippen molar-refractivity contribution in [2.24, 2.45) is 11.7 Å². The highest BCUT2D eigenvalue weighted by Gasteiger charge is 2.34. The maximum atomic E-state index is 15.2. The van der Waals surface area contributed by atoms with E-state index < -0.39 is 23.4 Å². The van der Waals surface area contributed by atoms with Crippen molar-refractivity contribution in [1.82, 2.24) is 4.40 Å². The highest BCUT2D eigenvalue weighted by molar-refractivity contribution is 5.89. The standard InChI is InChI=1S/C21H26FN3O4/c1-10-18-14(12-3-4-12)7-15(21(28)29)20(27)25(18)9-16(22)19(10)24-6-5-13(8-24)17(23)11(2)26/h7,9,11-13,17,26H,3-6,8,23H2,1-2H3,(H,28,29)/t11-,13?,17+/m1/s1. The Morgan fingerprint density at radius 2 is 2.03 bits per heavy atom. The lowest BCUT2D eigenvalue weighted by molar-refractivity contribution is 0.0694. The Labute approximate surface area is 167 Å². The van der Waals surface area contributed by atoms with Gasteiger partial charge in [-0.2, -0.15) is 0 Å². The number of carbonyl (C=O) groups is 1. The number of carboxylic acid groups (broad SMARTS) is 1. The van der Waals surface area contributed by atoms with Crippen LogP contribution in [0, 0.1) is 18.7 Å². The number of aliphatic hydroxyl groups is 1. The van der Waals surface area contributed by atoms with E-state index in [4.69, 9.17) is 5.73 Å². The van der Waals surface area contributed by atoms with Crippen LogP contribution in [0.1, 0.15) is 53.6 Å². The number of fused-ring (bicyclic) bond motifs is 1. The Hall–Kier alpha value is -2.45. The lowest BCUT2D eigenvalue weighted by atomic mass is 9.96. The van der Waals surface area contributed by atoms with E-state index in [0.717, 1.165) is 35.4 Å². The molecule has 7 nitrogen and oxygen atoms in total. The van der Waals surface area contributed by atoms with E-state index in [0.29, 0.717) is 29.9 Å². The van der Waals surface area contributed by atoms with Gasteiger partial charge in [-0.1, -0.05) is 0 Å². The third-order valence-electron chi connectivity index (χ3n) is 6.33. The van der Waals surface area contributed by atoms with E-state index in [1.807, 2.05) is 4.90 Å². The smallest absolute Gasteiger partial charge is 0.341 e. The van der Waals surface area contributed by atoms with Gasteiger partial charge in [-0.15, -0.1) is 0 Å². The van der Waals surface area contributed by atoms with Crippen molar-refractivity contribution in [2.45, 2.75) is 51.2 Å². The molecule has 1 aliphatic carbocycles. The van der Waals surface area contributed by atoms with Gasteiger partial charge in [-0.25, -0.2) is 9.18 Å². The molecule has 0 spiro atoms. The Kier molecular flexibility index (Phi) is 4.86. The molecule has 2 aliphatic rings. The minimum absolute atomic E-state index is 0.0458. The third kappa shape index (κ3) is 3.30. The molecule has 0 radical (unpaired) electrons. The molecule has 0 bridgehead atoms. The van der Waals surface area contributed by atoms with Crippen LogP contribution < -0.4 is 16.2 Å². The Morgan fingerprint density at radius 3 is 2.62 bits per heavy atom. The Morgan fingerprint density at radius 1 is 1.34 bits per heavy atom. The number of aryl methyl sites for hydroxylation is 1. The lowest BCUT2D eigenvalue weighted by Gasteiger charge is -2.26. The molecule has 156 valence electrons. The fraction of sp³-hybridized carbons (Fsp3) is 0.524. The number of aromatic nitrogens is 1. The molecule has 4 N–H and O–H groups in total. The van der Waals surface area contributed by atoms with Crippen LogP contribution in [0.2, 0.25) is 0 Å². The van der Waals surface area contributed by atoms with Crippen molar-refractivity contribution in [1.29, 1.82) is 0 Å². The maximum absolute atomic E-state index is 15.2. The second-order valence-corrected chi connectivity index (χ2v) is 8.38. The molecule has 2 aromatic heterocycles. The van der Waals surface area contributed by atoms with Gasteiger partial charge in [-0.05, 0) is 62.1 Å². The largest absolute Gasteiger partial charge is 0.477 e. The summed E-state index contributed by atoms with van der Waals surface area (Å²) in [6, 6.07) is 1.08. The number of aromatic carboxylic acids is 1. The van der Waals surface area contributed by atoms with Gasteiger partial charge in [0, 0.05) is 19.1 Å². The summed E-state index contributed by atoms with van der Waals surface area (Å²) in [6.45, 7) is 4.57. The molecule has 29 heavy (non-hydrogen) atoms. The van der Waals surface area contributed by atoms with Crippen LogP contribution in [0.3, 0.4) is 0 Å². The number of aliphatic hydroxyl groups excluding tert-OH is 1. The molecule has 1 saturated carbocycles. The summed E-state index contributed by atoms with van der Waals surface area (Å²) in [6.07, 6.45) is 3.07. The molecule has 1 unspecified atom stereocenters. The number of rotatable bonds is 5. The Balaban J connectivity index is 1.85. The van der Waals surface area contributed by atoms with E-state index in [2.05, 4.69) is 0 Å². The molecule has 1 saturated heterocycles. The van der Waals surface area contributed by atoms with Crippen molar-refractivity contribution in [2.75, 3.05) is 18.0 Å². The summed E-state index contributed by atoms with van der Waals surface area (Å²) in [5.74, 6) is -1.63. The first kappa shape index (κ1) is 19.8. The van der Waals surface area contributed by atoms with Gasteiger partial charge < -0.3 is 20.8 Å². The molecule has 2 aromatic rings. The first-order valence-corrected chi connectivity index (χ1v) is 10.0. The molecular formula is C21H26FN3O4. The number of carboxylic acids is 1. The number of nitrogens with two attached hydrogens (primary N) is 1. The van der Waals surface area contributed by atoms with Gasteiger partial charge in [0.15, 0.2) is 5.82 Å². The van der Waals surface area contributed by atoms with Crippen LogP contribution in [0.15, 0.2) is 17.1 Å². The molecule has 3 atom stereocenters. The number of halogens is 1. The number of hydrogen-bond donors (Lipinski definition) is 3. The first-order chi connectivity index (χ1) is 13.7. The van der Waals surface area contributed by atoms with Crippen LogP contribution >= 0.6 is 0 Å². The quantitative estimate of drug-likeness (QED) is 0.703. The average molecular weight is 403 g/mol. The van der Waals surface area contributed by atoms with Gasteiger partial charge in [0.25, 0.3) is 5.56 Å². The number of nitrogens with zero attached hydrogens (tertiary/aromatic N) is 2. The summed E-state index contributed by atoms with van der Waals surface area (Å²) in [7, 11) is 0. The summed E-state index contributed by atoms with van der Waals surface area (Å²) in [5, 5.41) is 19.2. The van der Waals surface area contributed by atoms with Gasteiger partial charge >= 0.3 is 5.97 Å². The first-order valence-electron chi connectivity index (χ1n) is 10.0. The van der Waals surface area contributed by atoms with Crippen molar-refractivity contribution >= 4 is 17.2 Å². The second kappa shape index (κ2) is 7.11. The van der Waals surface area contributed by atoms with Crippen molar-refractivity contribution < 1.29 is 19.4 Å². The highest BCUT2D eigenvalue weighted by Crippen LogP contribution is 2.44. The zero-order valence-corrected chi connectivity index (χ0v) is 16.6. The Bertz CT molecular complexity index is 1040. The summed E-state index contributed by atoms with van der Waals surface area (Å²) < 4.78 is 16.3. The normalized spacial score (nSPS) is 21.6. The minimum atomic E-state index is -1.30. The van der Waals surface area contributed by atoms with Crippen LogP contribution in [0.5, 0.6) is 0 Å². The van der Waals surface area contributed by atoms with Crippen LogP contribution in [0.4, 0.5) is 10.1 Å². The van der Waals surface area contributed by atoms with Gasteiger partial charge in [0.1, 0.15) is 5.56 Å². The van der Waals surface area contributed by atoms with Crippen molar-refractivity contribution in [3.63, 3.8) is 0 Å². The van der Waals surface area contributed by atoms with E-state index in [9.17, 15) is 19.8 Å². The predicted octanol–water partition coefficient (Wildman–Crippen LogP) is 1.86. The molecule has 8 heteroatoms. The molecule has 3 heterocycles. The molecule has 0 aromatic carbocycles. The van der Waals surface area contributed by atoms with E-state index >= 15 is 4.39 Å². The van der Waals surface area contributed by atoms with Crippen LogP contribution in [-0.4, -0.2) is 45.8 Å². The van der Waals surface area contributed by atoms with Gasteiger partial charge in [-0.3, -0.25) is 9.20 Å². The SMILES string of the molecule is Cc1c(N2CCC([C@@H](N)[C@@H](C)O)C2)c(F)cn2c(=O)c(C(=O)O)cc(C3CC3)c12. The zero-order chi connectivity index (χ0) is 21.0. The fourth-order valence-electron chi connectivity index (χ4n) is 4.59. The minimum Gasteiger partial charge on any atom is -0.477 e. The molecule has 4 rings (SSSR count). The fourth-order valence-corrected chi connectivity index (χ4v) is 4.59. The second-order valence-electron chi connectivity index (χ2n) is 8.38. The van der Waals surface area contributed by atoms with E-state index in [1.54, 1.807) is 13.8 Å². The number of anilines is 1. The zero-order valence-electron chi connectivity index (χ0n) is 16.6. The molecule has 1 aliphatic heterocycles. The van der Waals surface area contributed by atoms with Crippen LogP contribution in [0.25, 0.3) is 5.52 Å². The predicted molar refractivity (Wildman–Crippen MR) is 107 cm³/mol. The molecule has 0 amide bonds. The summed E-state index contributed by atoms with van der Waals surface area (Å²) in [4.78, 5) is 26.1. The topological polar surface area (TPSA) is 108 Å². The van der Waals surface area contributed by atoms with E-state index in [-0.39, 0.29) is 23.4 Å². The number of hydrogen-bond acceptors (Lipinski definition) is 5. The average Bonchev–Trinajstić information content (AvgIpc) is 3.39. The van der Waals surface area contributed by atoms with Gasteiger partial charge in [0.05, 0.1) is 23.5 Å². The molecular weight excluding hydrogens is 377 g/mol. The number of pyridine rings is 2. The maximum Gasteiger partial charge on any atom is 0.341 e. The van der Waals surface area contributed by atoms with Crippen molar-refractivity contribution in [3.8, 4) is 0 Å². The van der Waals surface area contributed by atoms with Crippen molar-refractivity contribution in [3.05, 3.63) is 45.1 Å². The van der Waals surface area contributed by atoms with Crippen LogP contribution in [-0.2, 0) is 0 Å².